The van der Waals surface area contributed by atoms with Crippen molar-refractivity contribution < 1.29 is 28.5 Å². The van der Waals surface area contributed by atoms with Gasteiger partial charge in [-0.15, -0.1) is 0 Å². The molecule has 2 unspecified atom stereocenters. The van der Waals surface area contributed by atoms with E-state index < -0.39 is 12.2 Å². The number of anilines is 2. The molecule has 1 aromatic rings. The molecule has 0 aromatic heterocycles. The number of unbranched alkanes of at least 4 members (excludes halogenated alkanes) is 1. The van der Waals surface area contributed by atoms with E-state index in [1.807, 2.05) is 56.3 Å². The van der Waals surface area contributed by atoms with Crippen molar-refractivity contribution in [3.63, 3.8) is 0 Å². The molecule has 0 bridgehead atoms. The van der Waals surface area contributed by atoms with Crippen molar-refractivity contribution in [1.29, 1.82) is 0 Å². The number of carbonyl (C=O) groups is 1. The van der Waals surface area contributed by atoms with Gasteiger partial charge < -0.3 is 29.5 Å². The zero-order valence-corrected chi connectivity index (χ0v) is 25.6. The molecule has 1 rings (SSSR count). The van der Waals surface area contributed by atoms with Crippen LogP contribution in [0.2, 0.25) is 0 Å². The number of benzene rings is 1. The Balaban J connectivity index is 2.59. The number of hydrogen-bond acceptors (Lipinski definition) is 6. The summed E-state index contributed by atoms with van der Waals surface area (Å²) in [6.45, 7) is 12.4. The van der Waals surface area contributed by atoms with E-state index in [0.29, 0.717) is 19.0 Å². The molecule has 0 fully saturated rings. The van der Waals surface area contributed by atoms with E-state index in [1.165, 1.54) is 19.3 Å². The smallest absolute Gasteiger partial charge is 0.231 e. The van der Waals surface area contributed by atoms with Gasteiger partial charge in [0.2, 0.25) is 5.91 Å². The number of carbonyl (C=O) groups excluding carboxylic acids is 1. The average molecular weight is 573 g/mol. The lowest BCUT2D eigenvalue weighted by atomic mass is 10.1. The molecule has 0 saturated carbocycles. The maximum Gasteiger partial charge on any atom is 0.231 e. The van der Waals surface area contributed by atoms with Gasteiger partial charge in [-0.05, 0) is 101 Å². The highest BCUT2D eigenvalue weighted by Gasteiger charge is 2.13. The summed E-state index contributed by atoms with van der Waals surface area (Å²) in [6, 6.07) is 7.85. The highest BCUT2D eigenvalue weighted by atomic mass is 19.1. The van der Waals surface area contributed by atoms with E-state index in [0.717, 1.165) is 49.3 Å². The number of aliphatic hydroxyl groups excluding tert-OH is 1. The van der Waals surface area contributed by atoms with Crippen molar-refractivity contribution in [2.75, 3.05) is 50.2 Å². The molecule has 0 radical (unpaired) electrons. The molecule has 1 amide bonds. The molecule has 228 valence electrons. The van der Waals surface area contributed by atoms with Gasteiger partial charge in [0.25, 0.3) is 0 Å². The van der Waals surface area contributed by atoms with Crippen LogP contribution in [0.15, 0.2) is 84.0 Å². The largest absolute Gasteiger partial charge is 0.490 e. The number of methoxy groups -OCH3 is 1. The maximum atomic E-state index is 13.2. The lowest BCUT2D eigenvalue weighted by Crippen LogP contribution is -2.24. The Morgan fingerprint density at radius 1 is 1.12 bits per heavy atom. The summed E-state index contributed by atoms with van der Waals surface area (Å²) in [5.41, 5.74) is 2.55. The summed E-state index contributed by atoms with van der Waals surface area (Å²) >= 11 is 0. The van der Waals surface area contributed by atoms with Crippen molar-refractivity contribution in [2.24, 2.45) is 5.92 Å². The molecule has 1 aromatic carbocycles. The van der Waals surface area contributed by atoms with Gasteiger partial charge in [-0.2, -0.15) is 0 Å². The third kappa shape index (κ3) is 15.4. The summed E-state index contributed by atoms with van der Waals surface area (Å²) in [5, 5.41) is 12.5. The van der Waals surface area contributed by atoms with Crippen molar-refractivity contribution >= 4 is 17.3 Å². The fraction of sp³-hybridized carbons (Fsp3) is 0.485. The third-order valence-electron chi connectivity index (χ3n) is 6.23. The van der Waals surface area contributed by atoms with Crippen molar-refractivity contribution in [3.05, 3.63) is 84.0 Å². The first kappa shape index (κ1) is 35.8. The van der Waals surface area contributed by atoms with E-state index >= 15 is 0 Å². The first-order chi connectivity index (χ1) is 19.7. The van der Waals surface area contributed by atoms with Crippen LogP contribution >= 0.6 is 0 Å². The number of hydrogen-bond donors (Lipinski definition) is 2. The van der Waals surface area contributed by atoms with Crippen LogP contribution in [0.25, 0.3) is 0 Å². The van der Waals surface area contributed by atoms with Crippen LogP contribution in [-0.4, -0.2) is 57.3 Å². The maximum absolute atomic E-state index is 13.2. The van der Waals surface area contributed by atoms with Crippen LogP contribution < -0.4 is 10.2 Å². The second-order valence-corrected chi connectivity index (χ2v) is 9.49. The fourth-order valence-electron chi connectivity index (χ4n) is 3.66. The Labute approximate surface area is 246 Å². The Hall–Kier alpha value is -3.20. The zero-order chi connectivity index (χ0) is 30.5. The number of allylic oxidation sites excluding steroid dienone is 5. The zero-order valence-electron chi connectivity index (χ0n) is 25.6. The summed E-state index contributed by atoms with van der Waals surface area (Å²) in [7, 11) is 1.46. The highest BCUT2D eigenvalue weighted by Crippen LogP contribution is 2.20. The Morgan fingerprint density at radius 2 is 1.85 bits per heavy atom. The van der Waals surface area contributed by atoms with Crippen LogP contribution in [0.4, 0.5) is 15.8 Å². The monoisotopic (exact) mass is 572 g/mol. The number of nitrogens with one attached hydrogen (secondary N) is 1. The second kappa shape index (κ2) is 21.5. The standard InChI is InChI=1S/C33H49FN2O5/c1-7-10-15-31(41-23-13-14-28(34)8-2)25-27(5)32(37)35-29-16-18-30(19-17-29)36(9-3)21-11-12-22-40-24-20-26(4)33(38)39-6/h8,10,13-20,25,27,33,38H,7,9,11-12,21-24H2,1-6H3,(H,35,37)/b14-13-,15-10-,26-20+,28-8+,31-25+. The van der Waals surface area contributed by atoms with E-state index in [2.05, 4.69) is 17.1 Å². The molecule has 41 heavy (non-hydrogen) atoms. The average Bonchev–Trinajstić information content (AvgIpc) is 2.98. The van der Waals surface area contributed by atoms with Gasteiger partial charge in [0.05, 0.1) is 12.5 Å². The van der Waals surface area contributed by atoms with Crippen LogP contribution in [0.1, 0.15) is 53.9 Å². The van der Waals surface area contributed by atoms with Gasteiger partial charge in [0.15, 0.2) is 6.29 Å². The normalized spacial score (nSPS) is 14.5. The molecule has 0 saturated heterocycles. The number of halogens is 1. The third-order valence-corrected chi connectivity index (χ3v) is 6.23. The Morgan fingerprint density at radius 3 is 2.49 bits per heavy atom. The minimum Gasteiger partial charge on any atom is -0.490 e. The summed E-state index contributed by atoms with van der Waals surface area (Å²) in [6.07, 6.45) is 13.6. The van der Waals surface area contributed by atoms with Crippen molar-refractivity contribution in [2.45, 2.75) is 60.2 Å². The SMILES string of the molecule is C/C=C(F)\C=C/COC(/C=C\CC)=C/C(C)C(=O)Nc1ccc(N(CC)CCCCOC/C=C(\C)C(O)OC)cc1. The first-order valence-corrected chi connectivity index (χ1v) is 14.4. The number of amides is 1. The second-order valence-electron chi connectivity index (χ2n) is 9.49. The summed E-state index contributed by atoms with van der Waals surface area (Å²) < 4.78 is 29.5. The molecule has 0 aliphatic heterocycles. The van der Waals surface area contributed by atoms with E-state index in [9.17, 15) is 14.3 Å². The lowest BCUT2D eigenvalue weighted by Gasteiger charge is -2.23. The summed E-state index contributed by atoms with van der Waals surface area (Å²) in [4.78, 5) is 15.1. The molecule has 0 aliphatic carbocycles. The van der Waals surface area contributed by atoms with Crippen molar-refractivity contribution in [3.8, 4) is 0 Å². The molecule has 0 heterocycles. The molecular weight excluding hydrogens is 523 g/mol. The quantitative estimate of drug-likeness (QED) is 0.0571. The summed E-state index contributed by atoms with van der Waals surface area (Å²) in [5.74, 6) is -0.333. The highest BCUT2D eigenvalue weighted by molar-refractivity contribution is 5.93. The first-order valence-electron chi connectivity index (χ1n) is 14.4. The van der Waals surface area contributed by atoms with E-state index in [4.69, 9.17) is 14.2 Å². The minimum atomic E-state index is -0.882. The van der Waals surface area contributed by atoms with Gasteiger partial charge in [-0.25, -0.2) is 4.39 Å². The molecule has 2 atom stereocenters. The molecule has 8 heteroatoms. The van der Waals surface area contributed by atoms with Gasteiger partial charge >= 0.3 is 0 Å². The number of aliphatic hydroxyl groups is 1. The van der Waals surface area contributed by atoms with Crippen LogP contribution in [-0.2, 0) is 19.0 Å². The van der Waals surface area contributed by atoms with Crippen LogP contribution in [0.3, 0.4) is 0 Å². The fourth-order valence-corrected chi connectivity index (χ4v) is 3.66. The number of nitrogens with zero attached hydrogens (tertiary/aromatic N) is 1. The molecular formula is C33H49FN2O5. The van der Waals surface area contributed by atoms with Gasteiger partial charge in [-0.1, -0.05) is 25.2 Å². The molecule has 2 N–H and O–H groups in total. The van der Waals surface area contributed by atoms with Crippen LogP contribution in [0, 0.1) is 5.92 Å². The minimum absolute atomic E-state index is 0.145. The van der Waals surface area contributed by atoms with E-state index in [1.54, 1.807) is 26.0 Å². The number of rotatable bonds is 20. The lowest BCUT2D eigenvalue weighted by molar-refractivity contribution is -0.118. The molecule has 0 aliphatic rings. The molecule has 7 nitrogen and oxygen atoms in total. The van der Waals surface area contributed by atoms with Gasteiger partial charge in [-0.3, -0.25) is 4.79 Å². The van der Waals surface area contributed by atoms with Crippen LogP contribution in [0.5, 0.6) is 0 Å². The van der Waals surface area contributed by atoms with E-state index in [-0.39, 0.29) is 18.3 Å². The Kier molecular flexibility index (Phi) is 18.8. The van der Waals surface area contributed by atoms with Gasteiger partial charge in [0, 0.05) is 38.2 Å². The topological polar surface area (TPSA) is 80.3 Å². The Bertz CT molecular complexity index is 1030. The van der Waals surface area contributed by atoms with Crippen molar-refractivity contribution in [1.82, 2.24) is 0 Å². The predicted molar refractivity (Wildman–Crippen MR) is 166 cm³/mol. The number of ether oxygens (including phenoxy) is 3. The van der Waals surface area contributed by atoms with Gasteiger partial charge in [0.1, 0.15) is 18.2 Å². The molecule has 0 spiro atoms. The predicted octanol–water partition coefficient (Wildman–Crippen LogP) is 7.09.